The first-order valence-corrected chi connectivity index (χ1v) is 8.66. The van der Waals surface area contributed by atoms with Crippen molar-refractivity contribution in [1.82, 2.24) is 20.4 Å². The molecule has 0 aliphatic carbocycles. The fourth-order valence-electron chi connectivity index (χ4n) is 2.44. The number of benzene rings is 2. The second-order valence-corrected chi connectivity index (χ2v) is 6.49. The normalized spacial score (nSPS) is 11.9. The molecular formula is C19H18ClFN4O2. The Morgan fingerprint density at radius 1 is 1.26 bits per heavy atom. The number of rotatable bonds is 5. The van der Waals surface area contributed by atoms with Crippen molar-refractivity contribution in [3.05, 3.63) is 70.8 Å². The molecule has 140 valence electrons. The smallest absolute Gasteiger partial charge is 0.318 e. The molecule has 1 N–H and O–H groups in total. The molecule has 3 rings (SSSR count). The zero-order valence-electron chi connectivity index (χ0n) is 14.8. The van der Waals surface area contributed by atoms with Crippen molar-refractivity contribution in [3.63, 3.8) is 0 Å². The fraction of sp³-hybridized carbons (Fsp3) is 0.211. The molecule has 27 heavy (non-hydrogen) atoms. The van der Waals surface area contributed by atoms with Crippen molar-refractivity contribution in [3.8, 4) is 11.4 Å². The van der Waals surface area contributed by atoms with Crippen LogP contribution in [0.25, 0.3) is 11.4 Å². The van der Waals surface area contributed by atoms with Crippen molar-refractivity contribution in [1.29, 1.82) is 0 Å². The lowest BCUT2D eigenvalue weighted by Crippen LogP contribution is -2.38. The standard InChI is InChI=1S/C19H18ClFN4O2/c1-12(18-23-17(24-27-18)13-7-9-15(21)10-8-13)22-19(26)25(2)11-14-5-3-4-6-16(14)20/h3-10,12H,11H2,1-2H3,(H,22,26). The van der Waals surface area contributed by atoms with Gasteiger partial charge >= 0.3 is 6.03 Å². The lowest BCUT2D eigenvalue weighted by Gasteiger charge is -2.20. The number of nitrogens with zero attached hydrogens (tertiary/aromatic N) is 3. The molecule has 1 aromatic heterocycles. The van der Waals surface area contributed by atoms with Gasteiger partial charge < -0.3 is 14.7 Å². The van der Waals surface area contributed by atoms with Crippen molar-refractivity contribution in [2.75, 3.05) is 7.05 Å². The number of carbonyl (C=O) groups excluding carboxylic acids is 1. The van der Waals surface area contributed by atoms with Gasteiger partial charge in [0.2, 0.25) is 11.7 Å². The maximum Gasteiger partial charge on any atom is 0.318 e. The summed E-state index contributed by atoms with van der Waals surface area (Å²) in [5.41, 5.74) is 1.47. The van der Waals surface area contributed by atoms with Crippen molar-refractivity contribution in [2.24, 2.45) is 0 Å². The van der Waals surface area contributed by atoms with E-state index in [1.54, 1.807) is 32.2 Å². The summed E-state index contributed by atoms with van der Waals surface area (Å²) in [6.45, 7) is 2.10. The number of aromatic nitrogens is 2. The summed E-state index contributed by atoms with van der Waals surface area (Å²) >= 11 is 6.13. The first kappa shape index (κ1) is 18.8. The topological polar surface area (TPSA) is 71.3 Å². The molecule has 8 heteroatoms. The number of nitrogens with one attached hydrogen (secondary N) is 1. The maximum atomic E-state index is 13.0. The van der Waals surface area contributed by atoms with Gasteiger partial charge in [-0.25, -0.2) is 9.18 Å². The van der Waals surface area contributed by atoms with E-state index >= 15 is 0 Å². The molecule has 0 spiro atoms. The van der Waals surface area contributed by atoms with Crippen LogP contribution in [0.3, 0.4) is 0 Å². The Morgan fingerprint density at radius 3 is 2.67 bits per heavy atom. The van der Waals surface area contributed by atoms with E-state index in [4.69, 9.17) is 16.1 Å². The summed E-state index contributed by atoms with van der Waals surface area (Å²) < 4.78 is 18.2. The van der Waals surface area contributed by atoms with Gasteiger partial charge in [-0.2, -0.15) is 4.98 Å². The van der Waals surface area contributed by atoms with Gasteiger partial charge in [0.15, 0.2) is 0 Å². The number of amides is 2. The highest BCUT2D eigenvalue weighted by molar-refractivity contribution is 6.31. The summed E-state index contributed by atoms with van der Waals surface area (Å²) in [5, 5.41) is 7.28. The highest BCUT2D eigenvalue weighted by Gasteiger charge is 2.19. The van der Waals surface area contributed by atoms with Crippen LogP contribution in [-0.4, -0.2) is 28.1 Å². The van der Waals surface area contributed by atoms with E-state index in [-0.39, 0.29) is 17.7 Å². The molecule has 0 bridgehead atoms. The fourth-order valence-corrected chi connectivity index (χ4v) is 2.63. The van der Waals surface area contributed by atoms with Crippen LogP contribution in [0.5, 0.6) is 0 Å². The van der Waals surface area contributed by atoms with Gasteiger partial charge in [0.05, 0.1) is 0 Å². The maximum absolute atomic E-state index is 13.0. The Labute approximate surface area is 160 Å². The summed E-state index contributed by atoms with van der Waals surface area (Å²) in [6.07, 6.45) is 0. The van der Waals surface area contributed by atoms with E-state index in [0.717, 1.165) is 5.56 Å². The number of urea groups is 1. The van der Waals surface area contributed by atoms with Crippen LogP contribution in [0.15, 0.2) is 53.1 Å². The van der Waals surface area contributed by atoms with Crippen LogP contribution in [0.2, 0.25) is 5.02 Å². The highest BCUT2D eigenvalue weighted by Crippen LogP contribution is 2.20. The summed E-state index contributed by atoms with van der Waals surface area (Å²) in [7, 11) is 1.67. The Bertz CT molecular complexity index is 929. The zero-order valence-corrected chi connectivity index (χ0v) is 15.6. The zero-order chi connectivity index (χ0) is 19.4. The first-order valence-electron chi connectivity index (χ1n) is 8.28. The summed E-state index contributed by atoms with van der Waals surface area (Å²) in [5.74, 6) is 0.244. The molecule has 0 aliphatic rings. The lowest BCUT2D eigenvalue weighted by atomic mass is 10.2. The van der Waals surface area contributed by atoms with E-state index in [0.29, 0.717) is 23.0 Å². The quantitative estimate of drug-likeness (QED) is 0.701. The number of carbonyl (C=O) groups is 1. The van der Waals surface area contributed by atoms with Gasteiger partial charge in [0.1, 0.15) is 11.9 Å². The van der Waals surface area contributed by atoms with Crippen LogP contribution in [0.1, 0.15) is 24.4 Å². The Kier molecular flexibility index (Phi) is 5.71. The van der Waals surface area contributed by atoms with Crippen LogP contribution >= 0.6 is 11.6 Å². The summed E-state index contributed by atoms with van der Waals surface area (Å²) in [4.78, 5) is 18.2. The Balaban J connectivity index is 1.63. The minimum Gasteiger partial charge on any atom is -0.337 e. The van der Waals surface area contributed by atoms with E-state index < -0.39 is 6.04 Å². The molecule has 0 saturated heterocycles. The van der Waals surface area contributed by atoms with E-state index in [2.05, 4.69) is 15.5 Å². The van der Waals surface area contributed by atoms with Gasteiger partial charge in [-0.05, 0) is 42.8 Å². The third-order valence-corrected chi connectivity index (χ3v) is 4.34. The predicted molar refractivity (Wildman–Crippen MR) is 99.6 cm³/mol. The van der Waals surface area contributed by atoms with Crippen LogP contribution in [-0.2, 0) is 6.54 Å². The minimum absolute atomic E-state index is 0.258. The molecule has 3 aromatic rings. The van der Waals surface area contributed by atoms with E-state index in [1.807, 2.05) is 18.2 Å². The minimum atomic E-state index is -0.493. The third-order valence-electron chi connectivity index (χ3n) is 3.97. The third kappa shape index (κ3) is 4.62. The predicted octanol–water partition coefficient (Wildman–Crippen LogP) is 4.43. The highest BCUT2D eigenvalue weighted by atomic mass is 35.5. The lowest BCUT2D eigenvalue weighted by molar-refractivity contribution is 0.200. The van der Waals surface area contributed by atoms with Gasteiger partial charge in [-0.15, -0.1) is 0 Å². The molecule has 0 fully saturated rings. The molecule has 0 radical (unpaired) electrons. The molecular weight excluding hydrogens is 371 g/mol. The molecule has 2 aromatic carbocycles. The average Bonchev–Trinajstić information content (AvgIpc) is 3.14. The second-order valence-electron chi connectivity index (χ2n) is 6.08. The van der Waals surface area contributed by atoms with Crippen molar-refractivity contribution < 1.29 is 13.7 Å². The monoisotopic (exact) mass is 388 g/mol. The van der Waals surface area contributed by atoms with Gasteiger partial charge in [0, 0.05) is 24.2 Å². The van der Waals surface area contributed by atoms with Crippen molar-refractivity contribution >= 4 is 17.6 Å². The first-order chi connectivity index (χ1) is 12.9. The number of halogens is 2. The van der Waals surface area contributed by atoms with Gasteiger partial charge in [0.25, 0.3) is 0 Å². The van der Waals surface area contributed by atoms with Crippen molar-refractivity contribution in [2.45, 2.75) is 19.5 Å². The van der Waals surface area contributed by atoms with Gasteiger partial charge in [-0.3, -0.25) is 0 Å². The van der Waals surface area contributed by atoms with E-state index in [9.17, 15) is 9.18 Å². The van der Waals surface area contributed by atoms with Crippen LogP contribution < -0.4 is 5.32 Å². The SMILES string of the molecule is CC(NC(=O)N(C)Cc1ccccc1Cl)c1nc(-c2ccc(F)cc2)no1. The Morgan fingerprint density at radius 2 is 1.96 bits per heavy atom. The molecule has 0 saturated carbocycles. The molecule has 1 atom stereocenters. The molecule has 1 heterocycles. The molecule has 1 unspecified atom stereocenters. The van der Waals surface area contributed by atoms with Crippen LogP contribution in [0.4, 0.5) is 9.18 Å². The molecule has 2 amide bonds. The van der Waals surface area contributed by atoms with E-state index in [1.165, 1.54) is 17.0 Å². The van der Waals surface area contributed by atoms with Crippen LogP contribution in [0, 0.1) is 5.82 Å². The molecule has 6 nitrogen and oxygen atoms in total. The second kappa shape index (κ2) is 8.18. The average molecular weight is 389 g/mol. The number of hydrogen-bond donors (Lipinski definition) is 1. The summed E-state index contributed by atoms with van der Waals surface area (Å²) in [6, 6.07) is 12.3. The van der Waals surface area contributed by atoms with Gasteiger partial charge in [-0.1, -0.05) is 35.0 Å². The number of hydrogen-bond acceptors (Lipinski definition) is 4. The largest absolute Gasteiger partial charge is 0.337 e. The Hall–Kier alpha value is -2.93. The molecule has 0 aliphatic heterocycles.